The standard InChI is InChI=1S/C8H14O/c1-8(2,3)6-4-5-7(6)9/h6H,4-5H2,1-3H3/t6-/m0/s1. The van der Waals surface area contributed by atoms with Crippen LogP contribution in [-0.4, -0.2) is 5.78 Å². The van der Waals surface area contributed by atoms with E-state index in [-0.39, 0.29) is 5.41 Å². The highest BCUT2D eigenvalue weighted by Crippen LogP contribution is 2.38. The lowest BCUT2D eigenvalue weighted by atomic mass is 9.68. The van der Waals surface area contributed by atoms with Crippen molar-refractivity contribution in [3.63, 3.8) is 0 Å². The minimum absolute atomic E-state index is 0.218. The highest BCUT2D eigenvalue weighted by Gasteiger charge is 2.37. The number of carbonyl (C=O) groups is 1. The molecular formula is C8H14O. The van der Waals surface area contributed by atoms with E-state index < -0.39 is 0 Å². The predicted octanol–water partition coefficient (Wildman–Crippen LogP) is 2.01. The maximum absolute atomic E-state index is 10.9. The van der Waals surface area contributed by atoms with Crippen molar-refractivity contribution in [2.45, 2.75) is 33.6 Å². The molecule has 0 aliphatic heterocycles. The van der Waals surface area contributed by atoms with Gasteiger partial charge in [-0.05, 0) is 11.8 Å². The van der Waals surface area contributed by atoms with Crippen LogP contribution in [0.2, 0.25) is 0 Å². The lowest BCUT2D eigenvalue weighted by molar-refractivity contribution is -0.133. The Bertz CT molecular complexity index is 130. The van der Waals surface area contributed by atoms with Gasteiger partial charge in [0.25, 0.3) is 0 Å². The van der Waals surface area contributed by atoms with Crippen LogP contribution in [0, 0.1) is 11.3 Å². The molecular weight excluding hydrogens is 112 g/mol. The van der Waals surface area contributed by atoms with Gasteiger partial charge in [-0.25, -0.2) is 0 Å². The van der Waals surface area contributed by atoms with Gasteiger partial charge in [-0.2, -0.15) is 0 Å². The summed E-state index contributed by atoms with van der Waals surface area (Å²) in [5.74, 6) is 0.819. The highest BCUT2D eigenvalue weighted by molar-refractivity contribution is 5.86. The molecule has 0 aromatic carbocycles. The second-order valence-corrected chi connectivity index (χ2v) is 3.92. The number of hydrogen-bond donors (Lipinski definition) is 0. The van der Waals surface area contributed by atoms with Crippen LogP contribution in [0.15, 0.2) is 0 Å². The first-order valence-electron chi connectivity index (χ1n) is 3.54. The zero-order chi connectivity index (χ0) is 7.07. The smallest absolute Gasteiger partial charge is 0.136 e. The van der Waals surface area contributed by atoms with E-state index >= 15 is 0 Å². The third kappa shape index (κ3) is 1.15. The molecule has 0 amide bonds. The molecule has 52 valence electrons. The first kappa shape index (κ1) is 6.79. The number of rotatable bonds is 0. The van der Waals surface area contributed by atoms with Crippen LogP contribution >= 0.6 is 0 Å². The molecule has 1 saturated carbocycles. The molecule has 1 atom stereocenters. The molecule has 1 aliphatic carbocycles. The summed E-state index contributed by atoms with van der Waals surface area (Å²) in [6.45, 7) is 6.40. The summed E-state index contributed by atoms with van der Waals surface area (Å²) in [4.78, 5) is 10.9. The van der Waals surface area contributed by atoms with Crippen molar-refractivity contribution < 1.29 is 4.79 Å². The summed E-state index contributed by atoms with van der Waals surface area (Å²) in [5.41, 5.74) is 0.218. The Hall–Kier alpha value is -0.330. The lowest BCUT2D eigenvalue weighted by Gasteiger charge is -2.35. The molecule has 0 unspecified atom stereocenters. The second kappa shape index (κ2) is 1.83. The molecule has 1 rings (SSSR count). The molecule has 1 aliphatic rings. The zero-order valence-electron chi connectivity index (χ0n) is 6.40. The van der Waals surface area contributed by atoms with E-state index in [2.05, 4.69) is 20.8 Å². The Labute approximate surface area is 56.4 Å². The summed E-state index contributed by atoms with van der Waals surface area (Å²) in [7, 11) is 0. The normalized spacial score (nSPS) is 27.9. The number of carbonyl (C=O) groups excluding carboxylic acids is 1. The molecule has 0 N–H and O–H groups in total. The van der Waals surface area contributed by atoms with E-state index in [1.807, 2.05) is 0 Å². The van der Waals surface area contributed by atoms with Gasteiger partial charge in [0, 0.05) is 12.3 Å². The van der Waals surface area contributed by atoms with Crippen molar-refractivity contribution in [3.05, 3.63) is 0 Å². The van der Waals surface area contributed by atoms with Crippen molar-refractivity contribution in [3.8, 4) is 0 Å². The largest absolute Gasteiger partial charge is 0.299 e. The summed E-state index contributed by atoms with van der Waals surface area (Å²) >= 11 is 0. The molecule has 1 heteroatoms. The molecule has 0 bridgehead atoms. The molecule has 1 nitrogen and oxygen atoms in total. The third-order valence-corrected chi connectivity index (χ3v) is 2.11. The number of ketones is 1. The minimum Gasteiger partial charge on any atom is -0.299 e. The second-order valence-electron chi connectivity index (χ2n) is 3.92. The van der Waals surface area contributed by atoms with Crippen LogP contribution in [0.25, 0.3) is 0 Å². The maximum Gasteiger partial charge on any atom is 0.136 e. The summed E-state index contributed by atoms with van der Waals surface area (Å²) < 4.78 is 0. The van der Waals surface area contributed by atoms with Crippen molar-refractivity contribution in [2.24, 2.45) is 11.3 Å². The summed E-state index contributed by atoms with van der Waals surface area (Å²) in [5, 5.41) is 0. The summed E-state index contributed by atoms with van der Waals surface area (Å²) in [6.07, 6.45) is 1.93. The van der Waals surface area contributed by atoms with Gasteiger partial charge in [-0.1, -0.05) is 20.8 Å². The lowest BCUT2D eigenvalue weighted by Crippen LogP contribution is -2.36. The average molecular weight is 126 g/mol. The maximum atomic E-state index is 10.9. The Kier molecular flexibility index (Phi) is 1.38. The fourth-order valence-corrected chi connectivity index (χ4v) is 1.32. The molecule has 1 fully saturated rings. The quantitative estimate of drug-likeness (QED) is 0.485. The van der Waals surface area contributed by atoms with Gasteiger partial charge in [0.15, 0.2) is 0 Å². The Morgan fingerprint density at radius 3 is 2.00 bits per heavy atom. The fourth-order valence-electron chi connectivity index (χ4n) is 1.32. The van der Waals surface area contributed by atoms with Crippen molar-refractivity contribution in [1.82, 2.24) is 0 Å². The number of hydrogen-bond acceptors (Lipinski definition) is 1. The average Bonchev–Trinajstić information content (AvgIpc) is 1.57. The Balaban J connectivity index is 2.54. The molecule has 0 spiro atoms. The molecule has 0 aromatic heterocycles. The van der Waals surface area contributed by atoms with Gasteiger partial charge >= 0.3 is 0 Å². The van der Waals surface area contributed by atoms with E-state index in [1.165, 1.54) is 0 Å². The Morgan fingerprint density at radius 2 is 2.00 bits per heavy atom. The fraction of sp³-hybridized carbons (Fsp3) is 0.875. The van der Waals surface area contributed by atoms with Gasteiger partial charge < -0.3 is 0 Å². The van der Waals surface area contributed by atoms with Crippen LogP contribution in [0.5, 0.6) is 0 Å². The molecule has 0 saturated heterocycles. The first-order valence-corrected chi connectivity index (χ1v) is 3.54. The van der Waals surface area contributed by atoms with Crippen LogP contribution in [0.1, 0.15) is 33.6 Å². The van der Waals surface area contributed by atoms with E-state index in [4.69, 9.17) is 0 Å². The monoisotopic (exact) mass is 126 g/mol. The van der Waals surface area contributed by atoms with Crippen LogP contribution in [0.3, 0.4) is 0 Å². The van der Waals surface area contributed by atoms with Crippen LogP contribution in [0.4, 0.5) is 0 Å². The molecule has 9 heavy (non-hydrogen) atoms. The van der Waals surface area contributed by atoms with Gasteiger partial charge in [-0.3, -0.25) is 4.79 Å². The van der Waals surface area contributed by atoms with Gasteiger partial charge in [-0.15, -0.1) is 0 Å². The van der Waals surface area contributed by atoms with Crippen molar-refractivity contribution in [1.29, 1.82) is 0 Å². The zero-order valence-corrected chi connectivity index (χ0v) is 6.40. The topological polar surface area (TPSA) is 17.1 Å². The van der Waals surface area contributed by atoms with Gasteiger partial charge in [0.1, 0.15) is 5.78 Å². The molecule has 0 heterocycles. The summed E-state index contributed by atoms with van der Waals surface area (Å²) in [6, 6.07) is 0. The van der Waals surface area contributed by atoms with Crippen LogP contribution in [-0.2, 0) is 4.79 Å². The molecule has 0 radical (unpaired) electrons. The highest BCUT2D eigenvalue weighted by atomic mass is 16.1. The van der Waals surface area contributed by atoms with Crippen molar-refractivity contribution >= 4 is 5.78 Å². The van der Waals surface area contributed by atoms with Gasteiger partial charge in [0.05, 0.1) is 0 Å². The Morgan fingerprint density at radius 1 is 1.44 bits per heavy atom. The molecule has 0 aromatic rings. The number of Topliss-reactive ketones (excluding diaryl/α,β-unsaturated/α-hetero) is 1. The van der Waals surface area contributed by atoms with E-state index in [9.17, 15) is 4.79 Å². The SMILES string of the molecule is CC(C)(C)[C@H]1CCC1=O. The van der Waals surface area contributed by atoms with E-state index in [0.717, 1.165) is 12.8 Å². The first-order chi connectivity index (χ1) is 4.02. The van der Waals surface area contributed by atoms with E-state index in [0.29, 0.717) is 11.7 Å². The predicted molar refractivity (Wildman–Crippen MR) is 37.2 cm³/mol. The van der Waals surface area contributed by atoms with Crippen molar-refractivity contribution in [2.75, 3.05) is 0 Å². The van der Waals surface area contributed by atoms with Crippen LogP contribution < -0.4 is 0 Å². The van der Waals surface area contributed by atoms with E-state index in [1.54, 1.807) is 0 Å². The minimum atomic E-state index is 0.218. The van der Waals surface area contributed by atoms with Gasteiger partial charge in [0.2, 0.25) is 0 Å². The third-order valence-electron chi connectivity index (χ3n) is 2.11.